The molecule has 2 aliphatic rings. The summed E-state index contributed by atoms with van der Waals surface area (Å²) >= 11 is 5.77. The van der Waals surface area contributed by atoms with Crippen molar-refractivity contribution in [3.8, 4) is 0 Å². The van der Waals surface area contributed by atoms with Gasteiger partial charge >= 0.3 is 0 Å². The van der Waals surface area contributed by atoms with Crippen LogP contribution in [0.1, 0.15) is 32.6 Å². The molecule has 0 heterocycles. The summed E-state index contributed by atoms with van der Waals surface area (Å²) in [6.07, 6.45) is 5.02. The molecule has 1 aromatic rings. The molecule has 1 aromatic carbocycles. The van der Waals surface area contributed by atoms with Gasteiger partial charge in [0.2, 0.25) is 0 Å². The molecule has 0 amide bonds. The lowest BCUT2D eigenvalue weighted by atomic mass is 9.86. The molecule has 2 fully saturated rings. The highest BCUT2D eigenvalue weighted by atomic mass is 35.5. The van der Waals surface area contributed by atoms with Crippen LogP contribution in [-0.2, 0) is 10.0 Å². The Morgan fingerprint density at radius 2 is 1.95 bits per heavy atom. The van der Waals surface area contributed by atoms with E-state index in [9.17, 15) is 8.42 Å². The van der Waals surface area contributed by atoms with E-state index in [0.717, 1.165) is 18.1 Å². The van der Waals surface area contributed by atoms with Gasteiger partial charge in [0.05, 0.1) is 4.90 Å². The smallest absolute Gasteiger partial charge is 0.200 e. The first-order valence-electron chi connectivity index (χ1n) is 7.27. The van der Waals surface area contributed by atoms with Crippen LogP contribution in [0.2, 0.25) is 5.02 Å². The lowest BCUT2D eigenvalue weighted by molar-refractivity contribution is 0.413. The van der Waals surface area contributed by atoms with E-state index < -0.39 is 10.0 Å². The number of rotatable bonds is 4. The average Bonchev–Trinajstić information content (AvgIpc) is 3.08. The van der Waals surface area contributed by atoms with E-state index in [0.29, 0.717) is 16.9 Å². The molecule has 0 unspecified atom stereocenters. The second-order valence-electron chi connectivity index (χ2n) is 6.08. The Labute approximate surface area is 130 Å². The first kappa shape index (κ1) is 14.9. The number of nitrogens with zero attached hydrogens (tertiary/aromatic N) is 1. The Morgan fingerprint density at radius 1 is 1.24 bits per heavy atom. The van der Waals surface area contributed by atoms with Crippen LogP contribution < -0.4 is 4.83 Å². The Hall–Kier alpha value is -1.07. The minimum atomic E-state index is -3.61. The highest BCUT2D eigenvalue weighted by Gasteiger charge is 2.40. The van der Waals surface area contributed by atoms with Crippen molar-refractivity contribution in [1.82, 2.24) is 4.83 Å². The van der Waals surface area contributed by atoms with E-state index in [1.54, 1.807) is 12.1 Å². The van der Waals surface area contributed by atoms with Gasteiger partial charge < -0.3 is 0 Å². The monoisotopic (exact) mass is 326 g/mol. The van der Waals surface area contributed by atoms with E-state index >= 15 is 0 Å². The maximum absolute atomic E-state index is 12.2. The first-order chi connectivity index (χ1) is 9.95. The zero-order chi connectivity index (χ0) is 15.0. The van der Waals surface area contributed by atoms with Gasteiger partial charge in [0.15, 0.2) is 0 Å². The van der Waals surface area contributed by atoms with E-state index in [1.807, 2.05) is 6.92 Å². The quantitative estimate of drug-likeness (QED) is 0.680. The predicted molar refractivity (Wildman–Crippen MR) is 83.8 cm³/mol. The van der Waals surface area contributed by atoms with Gasteiger partial charge in [0.25, 0.3) is 10.0 Å². The molecule has 114 valence electrons. The minimum Gasteiger partial charge on any atom is -0.200 e. The van der Waals surface area contributed by atoms with Crippen LogP contribution in [0.25, 0.3) is 0 Å². The number of fused-ring (bicyclic) bond motifs is 2. The maximum Gasteiger partial charge on any atom is 0.276 e. The molecule has 6 heteroatoms. The largest absolute Gasteiger partial charge is 0.276 e. The summed E-state index contributed by atoms with van der Waals surface area (Å²) in [6, 6.07) is 6.07. The molecular weight excluding hydrogens is 308 g/mol. The van der Waals surface area contributed by atoms with Gasteiger partial charge in [-0.05, 0) is 62.3 Å². The molecule has 2 bridgehead atoms. The van der Waals surface area contributed by atoms with Gasteiger partial charge in [0.1, 0.15) is 0 Å². The summed E-state index contributed by atoms with van der Waals surface area (Å²) in [5.41, 5.74) is 0.903. The summed E-state index contributed by atoms with van der Waals surface area (Å²) in [5.74, 6) is 1.95. The van der Waals surface area contributed by atoms with E-state index in [4.69, 9.17) is 11.6 Å². The second-order valence-corrected chi connectivity index (χ2v) is 8.18. The fraction of sp³-hybridized carbons (Fsp3) is 0.533. The van der Waals surface area contributed by atoms with Gasteiger partial charge in [-0.25, -0.2) is 4.83 Å². The number of nitrogens with one attached hydrogen (secondary N) is 1. The molecule has 0 radical (unpaired) electrons. The van der Waals surface area contributed by atoms with Gasteiger partial charge in [0, 0.05) is 16.7 Å². The van der Waals surface area contributed by atoms with Crippen molar-refractivity contribution in [3.05, 3.63) is 29.3 Å². The van der Waals surface area contributed by atoms with Crippen molar-refractivity contribution in [1.29, 1.82) is 0 Å². The van der Waals surface area contributed by atoms with Crippen LogP contribution in [-0.4, -0.2) is 14.1 Å². The molecule has 2 saturated carbocycles. The Kier molecular flexibility index (Phi) is 3.97. The highest BCUT2D eigenvalue weighted by molar-refractivity contribution is 7.89. The first-order valence-corrected chi connectivity index (χ1v) is 9.13. The van der Waals surface area contributed by atoms with E-state index in [-0.39, 0.29) is 4.90 Å². The summed E-state index contributed by atoms with van der Waals surface area (Å²) in [6.45, 7) is 1.93. The molecule has 0 aromatic heterocycles. The minimum absolute atomic E-state index is 0.177. The summed E-state index contributed by atoms with van der Waals surface area (Å²) in [7, 11) is -3.61. The van der Waals surface area contributed by atoms with Crippen LogP contribution in [0, 0.1) is 17.8 Å². The van der Waals surface area contributed by atoms with Crippen LogP contribution in [0.4, 0.5) is 0 Å². The molecule has 21 heavy (non-hydrogen) atoms. The van der Waals surface area contributed by atoms with Crippen LogP contribution in [0.3, 0.4) is 0 Å². The van der Waals surface area contributed by atoms with Crippen molar-refractivity contribution < 1.29 is 8.42 Å². The van der Waals surface area contributed by atoms with Crippen molar-refractivity contribution in [2.24, 2.45) is 22.9 Å². The van der Waals surface area contributed by atoms with Crippen molar-refractivity contribution >= 4 is 27.3 Å². The van der Waals surface area contributed by atoms with Gasteiger partial charge in [-0.2, -0.15) is 13.5 Å². The molecule has 3 rings (SSSR count). The molecule has 3 atom stereocenters. The van der Waals surface area contributed by atoms with Crippen LogP contribution in [0.5, 0.6) is 0 Å². The van der Waals surface area contributed by atoms with Gasteiger partial charge in [-0.3, -0.25) is 0 Å². The second kappa shape index (κ2) is 5.61. The molecule has 1 N–H and O–H groups in total. The molecule has 0 spiro atoms. The topological polar surface area (TPSA) is 58.5 Å². The predicted octanol–water partition coefficient (Wildman–Crippen LogP) is 3.43. The average molecular weight is 327 g/mol. The number of hydrogen-bond acceptors (Lipinski definition) is 3. The van der Waals surface area contributed by atoms with Crippen LogP contribution >= 0.6 is 11.6 Å². The lowest BCUT2D eigenvalue weighted by Gasteiger charge is -2.21. The standard InChI is InChI=1S/C15H19ClN2O2S/c1-10(15-9-11-2-3-12(15)8-11)17-18-21(19,20)14-6-4-13(16)5-7-14/h4-7,11-12,15,18H,2-3,8-9H2,1H3/b17-10-/t11-,12+,15+/m0/s1. The molecular formula is C15H19ClN2O2S. The van der Waals surface area contributed by atoms with E-state index in [1.165, 1.54) is 31.4 Å². The zero-order valence-electron chi connectivity index (χ0n) is 11.9. The maximum atomic E-state index is 12.2. The zero-order valence-corrected chi connectivity index (χ0v) is 13.5. The summed E-state index contributed by atoms with van der Waals surface area (Å²) in [5, 5.41) is 4.65. The number of benzene rings is 1. The third-order valence-electron chi connectivity index (χ3n) is 4.74. The lowest BCUT2D eigenvalue weighted by Crippen LogP contribution is -2.24. The molecule has 0 saturated heterocycles. The Balaban J connectivity index is 1.71. The van der Waals surface area contributed by atoms with Crippen molar-refractivity contribution in [2.45, 2.75) is 37.5 Å². The Bertz CT molecular complexity index is 655. The third-order valence-corrected chi connectivity index (χ3v) is 6.22. The van der Waals surface area contributed by atoms with Gasteiger partial charge in [-0.15, -0.1) is 0 Å². The molecule has 0 aliphatic heterocycles. The van der Waals surface area contributed by atoms with Gasteiger partial charge in [-0.1, -0.05) is 18.0 Å². The molecule has 4 nitrogen and oxygen atoms in total. The SMILES string of the molecule is C/C(=N/NS(=O)(=O)c1ccc(Cl)cc1)[C@H]1C[C@H]2CC[C@@H]1C2. The fourth-order valence-electron chi connectivity index (χ4n) is 3.64. The fourth-order valence-corrected chi connectivity index (χ4v) is 4.63. The van der Waals surface area contributed by atoms with Crippen molar-refractivity contribution in [3.63, 3.8) is 0 Å². The number of hydrazone groups is 1. The number of sulfonamides is 1. The number of halogens is 1. The summed E-state index contributed by atoms with van der Waals surface area (Å²) in [4.78, 5) is 2.53. The number of hydrogen-bond donors (Lipinski definition) is 1. The Morgan fingerprint density at radius 3 is 2.52 bits per heavy atom. The third kappa shape index (κ3) is 3.09. The molecule has 2 aliphatic carbocycles. The van der Waals surface area contributed by atoms with Crippen LogP contribution in [0.15, 0.2) is 34.3 Å². The van der Waals surface area contributed by atoms with E-state index in [2.05, 4.69) is 9.93 Å². The summed E-state index contributed by atoms with van der Waals surface area (Å²) < 4.78 is 24.3. The van der Waals surface area contributed by atoms with Crippen molar-refractivity contribution in [2.75, 3.05) is 0 Å². The normalized spacial score (nSPS) is 28.9. The highest BCUT2D eigenvalue weighted by Crippen LogP contribution is 2.48.